The van der Waals surface area contributed by atoms with E-state index in [0.717, 1.165) is 24.9 Å². The standard InChI is InChI=1S/C7H14O.C7H16O.3ClH.Ti/c1-6(2)4-7(3)5-8-7;1-6(2)4-7(3)5-8;;;;/h6H,4-5H2,1-3H3;6-8H,4-5H2,1-3H3;3*1H;/q;;;;;+3/p-3. The van der Waals surface area contributed by atoms with E-state index in [9.17, 15) is 0 Å². The Morgan fingerprint density at radius 1 is 1.10 bits per heavy atom. The van der Waals surface area contributed by atoms with Gasteiger partial charge in [-0.05, 0) is 37.5 Å². The molecule has 20 heavy (non-hydrogen) atoms. The number of aliphatic hydroxyl groups excluding tert-OH is 1. The van der Waals surface area contributed by atoms with Gasteiger partial charge in [0.05, 0.1) is 12.2 Å². The first-order valence-corrected chi connectivity index (χ1v) is 13.5. The monoisotopic (exact) mass is 383 g/mol. The van der Waals surface area contributed by atoms with Gasteiger partial charge in [-0.1, -0.05) is 34.6 Å². The van der Waals surface area contributed by atoms with Crippen LogP contribution in [0.5, 0.6) is 0 Å². The van der Waals surface area contributed by atoms with Gasteiger partial charge in [-0.25, -0.2) is 0 Å². The van der Waals surface area contributed by atoms with Gasteiger partial charge in [0.2, 0.25) is 0 Å². The Bertz CT molecular complexity index is 220. The van der Waals surface area contributed by atoms with Gasteiger partial charge in [-0.15, -0.1) is 0 Å². The zero-order chi connectivity index (χ0) is 16.3. The normalized spacial score (nSPS) is 21.6. The summed E-state index contributed by atoms with van der Waals surface area (Å²) in [6.07, 6.45) is 2.35. The molecule has 1 N–H and O–H groups in total. The van der Waals surface area contributed by atoms with Crippen molar-refractivity contribution in [2.45, 2.75) is 60.0 Å². The van der Waals surface area contributed by atoms with E-state index < -0.39 is 14.7 Å². The van der Waals surface area contributed by atoms with Crippen molar-refractivity contribution in [1.82, 2.24) is 0 Å². The van der Waals surface area contributed by atoms with E-state index in [4.69, 9.17) is 37.8 Å². The Hall–Kier alpha value is 1.50. The number of ether oxygens (including phenoxy) is 1. The van der Waals surface area contributed by atoms with Gasteiger partial charge in [-0.3, -0.25) is 0 Å². The van der Waals surface area contributed by atoms with E-state index in [1.807, 2.05) is 0 Å². The molecule has 0 bridgehead atoms. The van der Waals surface area contributed by atoms with Gasteiger partial charge in [-0.2, -0.15) is 0 Å². The fourth-order valence-corrected chi connectivity index (χ4v) is 1.98. The summed E-state index contributed by atoms with van der Waals surface area (Å²) in [5.41, 5.74) is 0.272. The molecule has 0 aromatic carbocycles. The molecule has 2 unspecified atom stereocenters. The quantitative estimate of drug-likeness (QED) is 0.498. The van der Waals surface area contributed by atoms with Gasteiger partial charge < -0.3 is 9.84 Å². The van der Waals surface area contributed by atoms with Gasteiger partial charge in [0.15, 0.2) is 0 Å². The van der Waals surface area contributed by atoms with Gasteiger partial charge in [0, 0.05) is 6.61 Å². The van der Waals surface area contributed by atoms with Crippen molar-refractivity contribution in [2.24, 2.45) is 17.8 Å². The molecule has 0 saturated carbocycles. The first-order valence-electron chi connectivity index (χ1n) is 7.10. The molecule has 1 aliphatic rings. The van der Waals surface area contributed by atoms with E-state index in [1.165, 1.54) is 6.42 Å². The number of hydrogen-bond acceptors (Lipinski definition) is 2. The molecule has 0 aromatic heterocycles. The Morgan fingerprint density at radius 3 is 1.60 bits per heavy atom. The minimum absolute atomic E-state index is 0.272. The summed E-state index contributed by atoms with van der Waals surface area (Å²) in [6.45, 7) is 14.4. The summed E-state index contributed by atoms with van der Waals surface area (Å²) in [4.78, 5) is 0. The van der Waals surface area contributed by atoms with Crippen molar-refractivity contribution in [1.29, 1.82) is 0 Å². The average Bonchev–Trinajstić information content (AvgIpc) is 2.93. The van der Waals surface area contributed by atoms with Crippen molar-refractivity contribution in [3.63, 3.8) is 0 Å². The van der Waals surface area contributed by atoms with Crippen LogP contribution in [0.25, 0.3) is 0 Å². The molecule has 0 aliphatic carbocycles. The third-order valence-electron chi connectivity index (χ3n) is 2.66. The van der Waals surface area contributed by atoms with Crippen LogP contribution in [-0.2, 0) is 19.4 Å². The fraction of sp³-hybridized carbons (Fsp3) is 1.00. The molecule has 1 saturated heterocycles. The van der Waals surface area contributed by atoms with Crippen LogP contribution in [0.4, 0.5) is 0 Å². The molecule has 1 aliphatic heterocycles. The molecular weight excluding hydrogens is 354 g/mol. The molecule has 1 fully saturated rings. The second-order valence-electron chi connectivity index (χ2n) is 6.47. The third kappa shape index (κ3) is 21.8. The molecule has 2 atom stereocenters. The molecule has 6 heteroatoms. The van der Waals surface area contributed by atoms with Crippen LogP contribution in [-0.4, -0.2) is 23.9 Å². The van der Waals surface area contributed by atoms with Crippen molar-refractivity contribution >= 4 is 27.9 Å². The Morgan fingerprint density at radius 2 is 1.50 bits per heavy atom. The van der Waals surface area contributed by atoms with Crippen LogP contribution in [0.2, 0.25) is 0 Å². The first kappa shape index (κ1) is 23.8. The predicted octanol–water partition coefficient (Wildman–Crippen LogP) is 5.55. The predicted molar refractivity (Wildman–Crippen MR) is 87.1 cm³/mol. The van der Waals surface area contributed by atoms with Crippen molar-refractivity contribution in [2.75, 3.05) is 13.2 Å². The summed E-state index contributed by atoms with van der Waals surface area (Å²) >= 11 is -1.92. The average molecular weight is 385 g/mol. The Kier molecular flexibility index (Phi) is 15.4. The van der Waals surface area contributed by atoms with E-state index in [-0.39, 0.29) is 5.60 Å². The summed E-state index contributed by atoms with van der Waals surface area (Å²) < 4.78 is 5.21. The number of epoxide rings is 1. The number of rotatable bonds is 5. The zero-order valence-electron chi connectivity index (χ0n) is 13.5. The molecule has 0 spiro atoms. The minimum atomic E-state index is -1.92. The topological polar surface area (TPSA) is 32.8 Å². The van der Waals surface area contributed by atoms with Gasteiger partial charge in [0.1, 0.15) is 0 Å². The van der Waals surface area contributed by atoms with Crippen LogP contribution in [0.3, 0.4) is 0 Å². The Balaban J connectivity index is 0. The third-order valence-corrected chi connectivity index (χ3v) is 2.66. The Labute approximate surface area is 143 Å². The maximum absolute atomic E-state index is 8.58. The summed E-state index contributed by atoms with van der Waals surface area (Å²) in [6, 6.07) is 0. The fourth-order valence-electron chi connectivity index (χ4n) is 1.98. The number of aliphatic hydroxyl groups is 1. The molecule has 0 amide bonds. The zero-order valence-corrected chi connectivity index (χ0v) is 17.4. The van der Waals surface area contributed by atoms with Crippen molar-refractivity contribution < 1.29 is 24.5 Å². The van der Waals surface area contributed by atoms with Crippen LogP contribution in [0.15, 0.2) is 0 Å². The molecule has 123 valence electrons. The summed E-state index contributed by atoms with van der Waals surface area (Å²) in [5.74, 6) is 1.98. The van der Waals surface area contributed by atoms with Crippen molar-refractivity contribution in [3.8, 4) is 0 Å². The van der Waals surface area contributed by atoms with Crippen LogP contribution >= 0.6 is 27.9 Å². The van der Waals surface area contributed by atoms with Crippen molar-refractivity contribution in [3.05, 3.63) is 0 Å². The summed E-state index contributed by atoms with van der Waals surface area (Å²) in [5, 5.41) is 8.58. The SMILES string of the molecule is CC(C)CC(C)CO.CC(C)CC1(C)CO1.[Cl][Ti]([Cl])[Cl]. The summed E-state index contributed by atoms with van der Waals surface area (Å²) in [7, 11) is 14.9. The van der Waals surface area contributed by atoms with Crippen LogP contribution in [0, 0.1) is 17.8 Å². The van der Waals surface area contributed by atoms with Gasteiger partial charge >= 0.3 is 42.6 Å². The number of hydrogen-bond donors (Lipinski definition) is 1. The molecule has 0 aromatic rings. The van der Waals surface area contributed by atoms with E-state index >= 15 is 0 Å². The van der Waals surface area contributed by atoms with Gasteiger partial charge in [0.25, 0.3) is 0 Å². The molecule has 0 radical (unpaired) electrons. The molecular formula is C14H30Cl3O2Ti. The molecule has 1 heterocycles. The van der Waals surface area contributed by atoms with E-state index in [0.29, 0.717) is 12.5 Å². The second-order valence-corrected chi connectivity index (χ2v) is 14.2. The van der Waals surface area contributed by atoms with Crippen LogP contribution < -0.4 is 0 Å². The second kappa shape index (κ2) is 13.0. The molecule has 2 nitrogen and oxygen atoms in total. The first-order chi connectivity index (χ1) is 9.02. The van der Waals surface area contributed by atoms with Crippen LogP contribution in [0.1, 0.15) is 54.4 Å². The van der Waals surface area contributed by atoms with E-state index in [1.54, 1.807) is 0 Å². The van der Waals surface area contributed by atoms with E-state index in [2.05, 4.69) is 41.5 Å². The number of halogens is 3. The molecule has 1 rings (SSSR count). The maximum atomic E-state index is 8.58.